The molecular formula is C12H18O6. The third kappa shape index (κ3) is 1.56. The van der Waals surface area contributed by atoms with Crippen LogP contribution in [-0.2, 0) is 23.7 Å². The molecule has 102 valence electrons. The van der Waals surface area contributed by atoms with Crippen molar-refractivity contribution < 1.29 is 28.8 Å². The second kappa shape index (κ2) is 4.22. The maximum atomic E-state index is 11.5. The summed E-state index contributed by atoms with van der Waals surface area (Å²) in [4.78, 5) is 11.5. The predicted molar refractivity (Wildman–Crippen MR) is 60.2 cm³/mol. The molecule has 0 aromatic heterocycles. The van der Waals surface area contributed by atoms with Crippen LogP contribution in [0.25, 0.3) is 0 Å². The van der Waals surface area contributed by atoms with Gasteiger partial charge in [-0.25, -0.2) is 4.79 Å². The molecule has 2 heterocycles. The molecule has 0 amide bonds. The Morgan fingerprint density at radius 2 is 2.17 bits per heavy atom. The fourth-order valence-corrected chi connectivity index (χ4v) is 2.64. The summed E-state index contributed by atoms with van der Waals surface area (Å²) in [7, 11) is 2.94. The number of hydrogen-bond donors (Lipinski definition) is 1. The summed E-state index contributed by atoms with van der Waals surface area (Å²) in [5, 5.41) is 9.58. The number of ether oxygens (including phenoxy) is 4. The Kier molecular flexibility index (Phi) is 3.12. The van der Waals surface area contributed by atoms with E-state index in [4.69, 9.17) is 18.9 Å². The Bertz CT molecular complexity index is 392. The highest BCUT2D eigenvalue weighted by Crippen LogP contribution is 2.52. The topological polar surface area (TPSA) is 74.2 Å². The summed E-state index contributed by atoms with van der Waals surface area (Å²) >= 11 is 0. The van der Waals surface area contributed by atoms with E-state index < -0.39 is 23.5 Å². The lowest BCUT2D eigenvalue weighted by Gasteiger charge is -2.30. The van der Waals surface area contributed by atoms with Gasteiger partial charge < -0.3 is 24.1 Å². The quantitative estimate of drug-likeness (QED) is 0.739. The monoisotopic (exact) mass is 258 g/mol. The van der Waals surface area contributed by atoms with E-state index in [9.17, 15) is 9.90 Å². The van der Waals surface area contributed by atoms with Crippen molar-refractivity contribution in [3.63, 3.8) is 0 Å². The van der Waals surface area contributed by atoms with Gasteiger partial charge in [0.05, 0.1) is 25.7 Å². The van der Waals surface area contributed by atoms with Gasteiger partial charge in [-0.1, -0.05) is 6.92 Å². The van der Waals surface area contributed by atoms with Crippen LogP contribution in [-0.4, -0.2) is 43.5 Å². The van der Waals surface area contributed by atoms with Crippen LogP contribution in [0.3, 0.4) is 0 Å². The minimum absolute atomic E-state index is 0.169. The minimum atomic E-state index is -1.38. The molecule has 2 aliphatic rings. The standard InChI is InChI=1S/C12H18O6/c1-7-8(6-13)12(18-11(7,2)16-4)9(15-3)5-10(14)17-12/h5,7-8,13H,6H2,1-4H3/t7-,8-,11+,12-/m0/s1. The lowest BCUT2D eigenvalue weighted by atomic mass is 9.85. The van der Waals surface area contributed by atoms with E-state index in [2.05, 4.69) is 0 Å². The maximum absolute atomic E-state index is 11.5. The summed E-state index contributed by atoms with van der Waals surface area (Å²) in [5.41, 5.74) is 0. The number of carbonyl (C=O) groups excluding carboxylic acids is 1. The molecule has 0 saturated carbocycles. The van der Waals surface area contributed by atoms with Crippen LogP contribution < -0.4 is 0 Å². The smallest absolute Gasteiger partial charge is 0.337 e. The minimum Gasteiger partial charge on any atom is -0.494 e. The van der Waals surface area contributed by atoms with Crippen LogP contribution in [0, 0.1) is 11.8 Å². The molecule has 1 saturated heterocycles. The van der Waals surface area contributed by atoms with Gasteiger partial charge in [0.2, 0.25) is 0 Å². The third-order valence-electron chi connectivity index (χ3n) is 3.94. The van der Waals surface area contributed by atoms with Gasteiger partial charge >= 0.3 is 5.97 Å². The highest BCUT2D eigenvalue weighted by molar-refractivity contribution is 5.86. The average Bonchev–Trinajstić information content (AvgIpc) is 2.76. The Hall–Kier alpha value is -1.11. The van der Waals surface area contributed by atoms with Gasteiger partial charge in [-0.15, -0.1) is 0 Å². The van der Waals surface area contributed by atoms with Crippen molar-refractivity contribution in [3.8, 4) is 0 Å². The Balaban J connectivity index is 2.45. The Morgan fingerprint density at radius 3 is 2.67 bits per heavy atom. The summed E-state index contributed by atoms with van der Waals surface area (Å²) in [6.07, 6.45) is 1.23. The molecular weight excluding hydrogens is 240 g/mol. The van der Waals surface area contributed by atoms with Crippen LogP contribution in [0.15, 0.2) is 11.8 Å². The molecule has 0 aromatic carbocycles. The lowest BCUT2D eigenvalue weighted by molar-refractivity contribution is -0.295. The zero-order valence-electron chi connectivity index (χ0n) is 10.9. The van der Waals surface area contributed by atoms with Gasteiger partial charge in [0, 0.05) is 13.0 Å². The zero-order valence-corrected chi connectivity index (χ0v) is 10.9. The molecule has 0 aromatic rings. The van der Waals surface area contributed by atoms with Gasteiger partial charge in [-0.2, -0.15) is 0 Å². The third-order valence-corrected chi connectivity index (χ3v) is 3.94. The van der Waals surface area contributed by atoms with E-state index in [1.54, 1.807) is 6.92 Å². The first-order valence-electron chi connectivity index (χ1n) is 5.79. The second-order valence-electron chi connectivity index (χ2n) is 4.70. The lowest BCUT2D eigenvalue weighted by Crippen LogP contribution is -2.42. The number of esters is 1. The number of rotatable bonds is 3. The van der Waals surface area contributed by atoms with Crippen LogP contribution in [0.1, 0.15) is 13.8 Å². The van der Waals surface area contributed by atoms with Crippen molar-refractivity contribution in [1.29, 1.82) is 0 Å². The first-order chi connectivity index (χ1) is 8.43. The van der Waals surface area contributed by atoms with Gasteiger partial charge in [0.15, 0.2) is 11.5 Å². The number of aliphatic hydroxyl groups is 1. The van der Waals surface area contributed by atoms with Gasteiger partial charge in [-0.3, -0.25) is 0 Å². The molecule has 1 spiro atoms. The molecule has 18 heavy (non-hydrogen) atoms. The van der Waals surface area contributed by atoms with Crippen molar-refractivity contribution >= 4 is 5.97 Å². The molecule has 2 aliphatic heterocycles. The Labute approximate surface area is 105 Å². The first-order valence-corrected chi connectivity index (χ1v) is 5.79. The highest BCUT2D eigenvalue weighted by Gasteiger charge is 2.66. The van der Waals surface area contributed by atoms with Crippen molar-refractivity contribution in [2.75, 3.05) is 20.8 Å². The SMILES string of the molecule is COC1=CC(=O)O[C@@]12O[C@@](C)(OC)[C@@H](C)[C@@H]2CO. The van der Waals surface area contributed by atoms with Crippen molar-refractivity contribution in [3.05, 3.63) is 11.8 Å². The molecule has 1 N–H and O–H groups in total. The fourth-order valence-electron chi connectivity index (χ4n) is 2.64. The van der Waals surface area contributed by atoms with Gasteiger partial charge in [0.1, 0.15) is 0 Å². The maximum Gasteiger partial charge on any atom is 0.337 e. The van der Waals surface area contributed by atoms with Crippen molar-refractivity contribution in [2.45, 2.75) is 25.4 Å². The number of aliphatic hydroxyl groups excluding tert-OH is 1. The Morgan fingerprint density at radius 1 is 1.50 bits per heavy atom. The van der Waals surface area contributed by atoms with E-state index in [0.29, 0.717) is 0 Å². The largest absolute Gasteiger partial charge is 0.494 e. The van der Waals surface area contributed by atoms with E-state index >= 15 is 0 Å². The number of carbonyl (C=O) groups is 1. The van der Waals surface area contributed by atoms with E-state index in [1.165, 1.54) is 20.3 Å². The second-order valence-corrected chi connectivity index (χ2v) is 4.70. The number of methoxy groups -OCH3 is 2. The summed E-state index contributed by atoms with van der Waals surface area (Å²) in [6, 6.07) is 0. The van der Waals surface area contributed by atoms with Crippen LogP contribution in [0.5, 0.6) is 0 Å². The highest BCUT2D eigenvalue weighted by atomic mass is 16.8. The summed E-state index contributed by atoms with van der Waals surface area (Å²) in [5.74, 6) is -3.23. The molecule has 0 radical (unpaired) electrons. The van der Waals surface area contributed by atoms with E-state index in [-0.39, 0.29) is 18.3 Å². The van der Waals surface area contributed by atoms with Crippen molar-refractivity contribution in [2.24, 2.45) is 11.8 Å². The van der Waals surface area contributed by atoms with Crippen LogP contribution in [0.2, 0.25) is 0 Å². The molecule has 4 atom stereocenters. The average molecular weight is 258 g/mol. The molecule has 0 bridgehead atoms. The molecule has 6 heteroatoms. The zero-order chi connectivity index (χ0) is 13.6. The number of hydrogen-bond acceptors (Lipinski definition) is 6. The molecule has 0 aliphatic carbocycles. The van der Waals surface area contributed by atoms with E-state index in [1.807, 2.05) is 6.92 Å². The molecule has 2 rings (SSSR count). The van der Waals surface area contributed by atoms with Gasteiger partial charge in [0.25, 0.3) is 5.79 Å². The molecule has 6 nitrogen and oxygen atoms in total. The van der Waals surface area contributed by atoms with E-state index in [0.717, 1.165) is 0 Å². The fraction of sp³-hybridized carbons (Fsp3) is 0.750. The predicted octanol–water partition coefficient (Wildman–Crippen LogP) is 0.407. The normalized spacial score (nSPS) is 43.2. The molecule has 0 unspecified atom stereocenters. The summed E-state index contributed by atoms with van der Waals surface area (Å²) in [6.45, 7) is 3.42. The van der Waals surface area contributed by atoms with Gasteiger partial charge in [-0.05, 0) is 6.92 Å². The van der Waals surface area contributed by atoms with Crippen molar-refractivity contribution in [1.82, 2.24) is 0 Å². The summed E-state index contributed by atoms with van der Waals surface area (Å²) < 4.78 is 21.6. The van der Waals surface area contributed by atoms with Crippen LogP contribution >= 0.6 is 0 Å². The van der Waals surface area contributed by atoms with Crippen LogP contribution in [0.4, 0.5) is 0 Å². The first kappa shape index (κ1) is 13.3. The molecule has 1 fully saturated rings.